The van der Waals surface area contributed by atoms with Crippen LogP contribution in [0.5, 0.6) is 0 Å². The number of aliphatic carboxylic acids is 1. The van der Waals surface area contributed by atoms with E-state index in [0.29, 0.717) is 0 Å². The predicted octanol–water partition coefficient (Wildman–Crippen LogP) is -0.967. The summed E-state index contributed by atoms with van der Waals surface area (Å²) in [6.45, 7) is 0.621. The molecule has 1 heterocycles. The van der Waals surface area contributed by atoms with E-state index < -0.39 is 12.0 Å². The number of carboxylic acids is 1. The number of aliphatic hydroxyl groups excluding tert-OH is 1. The fourth-order valence-corrected chi connectivity index (χ4v) is 2.56. The number of carbonyl (C=O) groups is 2. The number of rotatable bonds is 6. The Morgan fingerprint density at radius 2 is 2.29 bits per heavy atom. The summed E-state index contributed by atoms with van der Waals surface area (Å²) in [6, 6.07) is -0.888. The summed E-state index contributed by atoms with van der Waals surface area (Å²) >= 11 is 1.78. The van der Waals surface area contributed by atoms with Crippen molar-refractivity contribution >= 4 is 23.6 Å². The van der Waals surface area contributed by atoms with Gasteiger partial charge in [0.25, 0.3) is 0 Å². The number of carbonyl (C=O) groups excluding carboxylic acids is 1. The van der Waals surface area contributed by atoms with Gasteiger partial charge in [-0.05, 0) is 0 Å². The zero-order valence-corrected chi connectivity index (χ0v) is 10.3. The third kappa shape index (κ3) is 5.38. The van der Waals surface area contributed by atoms with Gasteiger partial charge < -0.3 is 20.8 Å². The third-order valence-corrected chi connectivity index (χ3v) is 3.61. The molecule has 1 fully saturated rings. The average molecular weight is 262 g/mol. The standard InChI is InChI=1S/C10H18N2O4S/c13-3-1-8(10(15)16)12-9(14)5-7-6-17-4-2-11-7/h7-8,11,13H,1-6H2,(H,12,14)(H,15,16)/t7?,8-/m1/s1. The van der Waals surface area contributed by atoms with Gasteiger partial charge in [-0.1, -0.05) is 0 Å². The zero-order valence-electron chi connectivity index (χ0n) is 9.52. The maximum absolute atomic E-state index is 11.6. The minimum absolute atomic E-state index is 0.0356. The fourth-order valence-electron chi connectivity index (χ4n) is 1.61. The Bertz CT molecular complexity index is 269. The molecule has 4 N–H and O–H groups in total. The van der Waals surface area contributed by atoms with Crippen molar-refractivity contribution in [1.29, 1.82) is 0 Å². The van der Waals surface area contributed by atoms with Crippen LogP contribution in [-0.4, -0.2) is 58.8 Å². The molecule has 1 saturated heterocycles. The SMILES string of the molecule is O=C(CC1CSCCN1)N[C@H](CCO)C(=O)O. The maximum atomic E-state index is 11.6. The van der Waals surface area contributed by atoms with Crippen molar-refractivity contribution in [1.82, 2.24) is 10.6 Å². The number of carboxylic acid groups (broad SMARTS) is 1. The van der Waals surface area contributed by atoms with Crippen LogP contribution >= 0.6 is 11.8 Å². The molecule has 1 rings (SSSR count). The Hall–Kier alpha value is -0.790. The lowest BCUT2D eigenvalue weighted by Gasteiger charge is -2.23. The van der Waals surface area contributed by atoms with Gasteiger partial charge in [-0.15, -0.1) is 0 Å². The summed E-state index contributed by atoms with van der Waals surface area (Å²) in [5.74, 6) is 0.509. The Morgan fingerprint density at radius 1 is 1.53 bits per heavy atom. The minimum Gasteiger partial charge on any atom is -0.480 e. The van der Waals surface area contributed by atoms with Crippen molar-refractivity contribution in [2.24, 2.45) is 0 Å². The second-order valence-corrected chi connectivity index (χ2v) is 5.05. The number of hydrogen-bond acceptors (Lipinski definition) is 5. The van der Waals surface area contributed by atoms with Gasteiger partial charge >= 0.3 is 5.97 Å². The van der Waals surface area contributed by atoms with Crippen LogP contribution in [0.1, 0.15) is 12.8 Å². The van der Waals surface area contributed by atoms with Gasteiger partial charge in [-0.25, -0.2) is 4.79 Å². The molecule has 7 heteroatoms. The molecule has 0 aliphatic carbocycles. The first-order valence-corrected chi connectivity index (χ1v) is 6.73. The first-order valence-electron chi connectivity index (χ1n) is 5.57. The van der Waals surface area contributed by atoms with E-state index in [4.69, 9.17) is 10.2 Å². The van der Waals surface area contributed by atoms with Gasteiger partial charge in [0, 0.05) is 43.5 Å². The molecule has 0 radical (unpaired) electrons. The molecule has 0 saturated carbocycles. The highest BCUT2D eigenvalue weighted by molar-refractivity contribution is 7.99. The van der Waals surface area contributed by atoms with Gasteiger partial charge in [0.1, 0.15) is 6.04 Å². The van der Waals surface area contributed by atoms with Gasteiger partial charge in [0.2, 0.25) is 5.91 Å². The van der Waals surface area contributed by atoms with Crippen molar-refractivity contribution in [2.45, 2.75) is 24.9 Å². The second-order valence-electron chi connectivity index (χ2n) is 3.90. The summed E-state index contributed by atoms with van der Waals surface area (Å²) in [5, 5.41) is 23.1. The van der Waals surface area contributed by atoms with E-state index in [1.165, 1.54) is 0 Å². The highest BCUT2D eigenvalue weighted by Crippen LogP contribution is 2.10. The van der Waals surface area contributed by atoms with Gasteiger partial charge in [0.15, 0.2) is 0 Å². The van der Waals surface area contributed by atoms with Gasteiger partial charge in [-0.2, -0.15) is 11.8 Å². The monoisotopic (exact) mass is 262 g/mol. The summed E-state index contributed by atoms with van der Waals surface area (Å²) in [6.07, 6.45) is 0.316. The molecule has 0 aromatic carbocycles. The fraction of sp³-hybridized carbons (Fsp3) is 0.800. The normalized spacial score (nSPS) is 21.8. The molecule has 0 bridgehead atoms. The lowest BCUT2D eigenvalue weighted by Crippen LogP contribution is -2.46. The van der Waals surface area contributed by atoms with Crippen LogP contribution in [0.2, 0.25) is 0 Å². The summed E-state index contributed by atoms with van der Waals surface area (Å²) in [7, 11) is 0. The predicted molar refractivity (Wildman–Crippen MR) is 65.0 cm³/mol. The summed E-state index contributed by atoms with van der Waals surface area (Å²) in [5.41, 5.74) is 0. The Labute approximate surface area is 104 Å². The second kappa shape index (κ2) is 7.52. The average Bonchev–Trinajstić information content (AvgIpc) is 2.29. The summed E-state index contributed by atoms with van der Waals surface area (Å²) < 4.78 is 0. The van der Waals surface area contributed by atoms with Crippen LogP contribution in [0.15, 0.2) is 0 Å². The molecule has 0 aromatic heterocycles. The van der Waals surface area contributed by atoms with Crippen molar-refractivity contribution in [3.63, 3.8) is 0 Å². The molecule has 2 atom stereocenters. The van der Waals surface area contributed by atoms with Crippen LogP contribution in [-0.2, 0) is 9.59 Å². The van der Waals surface area contributed by atoms with Crippen molar-refractivity contribution in [3.05, 3.63) is 0 Å². The topological polar surface area (TPSA) is 98.7 Å². The van der Waals surface area contributed by atoms with Crippen LogP contribution in [0.25, 0.3) is 0 Å². The molecule has 0 aromatic rings. The van der Waals surface area contributed by atoms with Crippen molar-refractivity contribution in [3.8, 4) is 0 Å². The molecule has 1 aliphatic heterocycles. The lowest BCUT2D eigenvalue weighted by molar-refractivity contribution is -0.142. The number of thioether (sulfide) groups is 1. The molecule has 6 nitrogen and oxygen atoms in total. The van der Waals surface area contributed by atoms with Crippen molar-refractivity contribution < 1.29 is 19.8 Å². The number of aliphatic hydroxyl groups is 1. The van der Waals surface area contributed by atoms with E-state index in [9.17, 15) is 9.59 Å². The Morgan fingerprint density at radius 3 is 2.82 bits per heavy atom. The largest absolute Gasteiger partial charge is 0.480 e. The first kappa shape index (κ1) is 14.3. The Balaban J connectivity index is 2.33. The van der Waals surface area contributed by atoms with Crippen molar-refractivity contribution in [2.75, 3.05) is 24.7 Å². The van der Waals surface area contributed by atoms with Crippen LogP contribution in [0, 0.1) is 0 Å². The van der Waals surface area contributed by atoms with Crippen LogP contribution < -0.4 is 10.6 Å². The highest BCUT2D eigenvalue weighted by atomic mass is 32.2. The maximum Gasteiger partial charge on any atom is 0.326 e. The first-order chi connectivity index (χ1) is 8.13. The molecular weight excluding hydrogens is 244 g/mol. The van der Waals surface area contributed by atoms with E-state index in [2.05, 4.69) is 10.6 Å². The molecule has 1 unspecified atom stereocenters. The van der Waals surface area contributed by atoms with E-state index in [1.807, 2.05) is 0 Å². The third-order valence-electron chi connectivity index (χ3n) is 2.48. The van der Waals surface area contributed by atoms with Gasteiger partial charge in [-0.3, -0.25) is 4.79 Å². The zero-order chi connectivity index (χ0) is 12.7. The van der Waals surface area contributed by atoms with E-state index in [0.717, 1.165) is 18.1 Å². The molecule has 1 amide bonds. The molecule has 98 valence electrons. The number of amides is 1. The molecule has 17 heavy (non-hydrogen) atoms. The van der Waals surface area contributed by atoms with E-state index >= 15 is 0 Å². The smallest absolute Gasteiger partial charge is 0.326 e. The van der Waals surface area contributed by atoms with Crippen LogP contribution in [0.3, 0.4) is 0 Å². The number of nitrogens with one attached hydrogen (secondary N) is 2. The Kier molecular flexibility index (Phi) is 6.31. The quantitative estimate of drug-likeness (QED) is 0.492. The molecular formula is C10H18N2O4S. The number of hydrogen-bond donors (Lipinski definition) is 4. The summed E-state index contributed by atoms with van der Waals surface area (Å²) in [4.78, 5) is 22.4. The molecule has 0 spiro atoms. The van der Waals surface area contributed by atoms with Crippen LogP contribution in [0.4, 0.5) is 0 Å². The minimum atomic E-state index is -1.11. The lowest BCUT2D eigenvalue weighted by atomic mass is 10.1. The van der Waals surface area contributed by atoms with E-state index in [-0.39, 0.29) is 31.4 Å². The van der Waals surface area contributed by atoms with E-state index in [1.54, 1.807) is 11.8 Å². The van der Waals surface area contributed by atoms with Gasteiger partial charge in [0.05, 0.1) is 0 Å². The highest BCUT2D eigenvalue weighted by Gasteiger charge is 2.22. The molecule has 1 aliphatic rings.